The van der Waals surface area contributed by atoms with E-state index >= 15 is 0 Å². The van der Waals surface area contributed by atoms with Gasteiger partial charge in [-0.1, -0.05) is 13.0 Å². The third kappa shape index (κ3) is 3.20. The monoisotopic (exact) mass is 276 g/mol. The van der Waals surface area contributed by atoms with Crippen molar-refractivity contribution in [2.75, 3.05) is 7.05 Å². The fourth-order valence-electron chi connectivity index (χ4n) is 2.35. The number of hydrogen-bond acceptors (Lipinski definition) is 2. The van der Waals surface area contributed by atoms with Gasteiger partial charge in [0.25, 0.3) is 0 Å². The molecule has 0 fully saturated rings. The lowest BCUT2D eigenvalue weighted by Gasteiger charge is -2.19. The van der Waals surface area contributed by atoms with E-state index in [1.807, 2.05) is 19.3 Å². The van der Waals surface area contributed by atoms with E-state index in [1.54, 1.807) is 6.20 Å². The zero-order chi connectivity index (χ0) is 14.5. The van der Waals surface area contributed by atoms with Gasteiger partial charge in [-0.15, -0.1) is 0 Å². The molecule has 0 radical (unpaired) electrons. The maximum Gasteiger partial charge on any atom is 0.129 e. The Morgan fingerprint density at radius 2 is 2.00 bits per heavy atom. The van der Waals surface area contributed by atoms with Crippen molar-refractivity contribution in [2.24, 2.45) is 0 Å². The van der Waals surface area contributed by atoms with Crippen LogP contribution in [-0.2, 0) is 12.8 Å². The molecule has 1 atom stereocenters. The predicted molar refractivity (Wildman–Crippen MR) is 75.5 cm³/mol. The summed E-state index contributed by atoms with van der Waals surface area (Å²) in [4.78, 5) is 4.12. The number of nitrogens with zero attached hydrogens (tertiary/aromatic N) is 1. The van der Waals surface area contributed by atoms with Crippen LogP contribution in [-0.4, -0.2) is 12.0 Å². The normalized spacial score (nSPS) is 12.4. The van der Waals surface area contributed by atoms with E-state index < -0.39 is 11.6 Å². The van der Waals surface area contributed by atoms with Gasteiger partial charge in [-0.3, -0.25) is 4.98 Å². The number of aryl methyl sites for hydroxylation is 1. The number of pyridine rings is 1. The van der Waals surface area contributed by atoms with Gasteiger partial charge >= 0.3 is 0 Å². The zero-order valence-corrected chi connectivity index (χ0v) is 11.7. The van der Waals surface area contributed by atoms with Crippen LogP contribution < -0.4 is 5.32 Å². The first-order valence-electron chi connectivity index (χ1n) is 6.69. The highest BCUT2D eigenvalue weighted by Gasteiger charge is 2.15. The molecule has 2 rings (SSSR count). The van der Waals surface area contributed by atoms with Gasteiger partial charge in [0.05, 0.1) is 0 Å². The van der Waals surface area contributed by atoms with Crippen LogP contribution in [0.2, 0.25) is 0 Å². The maximum atomic E-state index is 13.8. The van der Waals surface area contributed by atoms with Gasteiger partial charge in [-0.2, -0.15) is 0 Å². The van der Waals surface area contributed by atoms with Crippen LogP contribution in [0.4, 0.5) is 8.78 Å². The fraction of sp³-hybridized carbons (Fsp3) is 0.312. The summed E-state index contributed by atoms with van der Waals surface area (Å²) in [6.45, 7) is 2.06. The Morgan fingerprint density at radius 1 is 1.20 bits per heavy atom. The Labute approximate surface area is 117 Å². The van der Waals surface area contributed by atoms with Crippen LogP contribution in [0.25, 0.3) is 0 Å². The summed E-state index contributed by atoms with van der Waals surface area (Å²) >= 11 is 0. The summed E-state index contributed by atoms with van der Waals surface area (Å²) in [5, 5.41) is 3.20. The Bertz CT molecular complexity index is 584. The van der Waals surface area contributed by atoms with Crippen molar-refractivity contribution in [2.45, 2.75) is 25.8 Å². The molecule has 0 aliphatic rings. The van der Waals surface area contributed by atoms with E-state index in [4.69, 9.17) is 0 Å². The summed E-state index contributed by atoms with van der Waals surface area (Å²) < 4.78 is 26.7. The Kier molecular flexibility index (Phi) is 4.79. The molecule has 1 unspecified atom stereocenters. The number of halogens is 2. The molecule has 1 N–H and O–H groups in total. The van der Waals surface area contributed by atoms with Crippen LogP contribution in [0, 0.1) is 11.6 Å². The Hall–Kier alpha value is -1.81. The highest BCUT2D eigenvalue weighted by atomic mass is 19.1. The lowest BCUT2D eigenvalue weighted by atomic mass is 9.95. The van der Waals surface area contributed by atoms with Crippen molar-refractivity contribution in [3.8, 4) is 0 Å². The average molecular weight is 276 g/mol. The summed E-state index contributed by atoms with van der Waals surface area (Å²) in [6, 6.07) is 5.64. The molecule has 0 spiro atoms. The minimum Gasteiger partial charge on any atom is -0.313 e. The lowest BCUT2D eigenvalue weighted by molar-refractivity contribution is 0.538. The molecule has 106 valence electrons. The molecule has 2 nitrogen and oxygen atoms in total. The van der Waals surface area contributed by atoms with Crippen molar-refractivity contribution < 1.29 is 8.78 Å². The van der Waals surface area contributed by atoms with Crippen molar-refractivity contribution in [1.82, 2.24) is 10.3 Å². The molecule has 0 amide bonds. The third-order valence-corrected chi connectivity index (χ3v) is 3.49. The third-order valence-electron chi connectivity index (χ3n) is 3.49. The van der Waals surface area contributed by atoms with Gasteiger partial charge in [-0.05, 0) is 48.7 Å². The number of nitrogens with one attached hydrogen (secondary N) is 1. The zero-order valence-electron chi connectivity index (χ0n) is 11.7. The quantitative estimate of drug-likeness (QED) is 0.905. The van der Waals surface area contributed by atoms with E-state index in [1.165, 1.54) is 12.1 Å². The average Bonchev–Trinajstić information content (AvgIpc) is 2.46. The number of rotatable bonds is 5. The number of hydrogen-bond donors (Lipinski definition) is 1. The van der Waals surface area contributed by atoms with Gasteiger partial charge in [-0.25, -0.2) is 8.78 Å². The van der Waals surface area contributed by atoms with E-state index in [2.05, 4.69) is 17.2 Å². The van der Waals surface area contributed by atoms with Gasteiger partial charge in [0.15, 0.2) is 0 Å². The van der Waals surface area contributed by atoms with Crippen molar-refractivity contribution in [3.63, 3.8) is 0 Å². The molecule has 1 aromatic heterocycles. The first-order valence-corrected chi connectivity index (χ1v) is 6.69. The van der Waals surface area contributed by atoms with E-state index in [0.717, 1.165) is 23.6 Å². The molecule has 0 bridgehead atoms. The first-order chi connectivity index (χ1) is 9.65. The van der Waals surface area contributed by atoms with Crippen LogP contribution in [0.1, 0.15) is 29.7 Å². The van der Waals surface area contributed by atoms with Gasteiger partial charge in [0, 0.05) is 24.5 Å². The summed E-state index contributed by atoms with van der Waals surface area (Å²) in [6.07, 6.45) is 4.91. The number of benzene rings is 1. The topological polar surface area (TPSA) is 24.9 Å². The lowest BCUT2D eigenvalue weighted by Crippen LogP contribution is -2.21. The van der Waals surface area contributed by atoms with E-state index in [9.17, 15) is 8.78 Å². The molecule has 20 heavy (non-hydrogen) atoms. The fourth-order valence-corrected chi connectivity index (χ4v) is 2.35. The molecular formula is C16H18F2N2. The minimum absolute atomic E-state index is 0.0205. The largest absolute Gasteiger partial charge is 0.313 e. The van der Waals surface area contributed by atoms with E-state index in [-0.39, 0.29) is 6.04 Å². The molecule has 0 saturated heterocycles. The second-order valence-corrected chi connectivity index (χ2v) is 4.71. The van der Waals surface area contributed by atoms with Crippen LogP contribution in [0.3, 0.4) is 0 Å². The van der Waals surface area contributed by atoms with Crippen molar-refractivity contribution >= 4 is 0 Å². The van der Waals surface area contributed by atoms with Gasteiger partial charge in [0.2, 0.25) is 0 Å². The summed E-state index contributed by atoms with van der Waals surface area (Å²) in [7, 11) is 1.84. The molecule has 1 aromatic carbocycles. The number of likely N-dealkylation sites (N-methyl/N-ethyl adjacent to an activating group) is 1. The number of aromatic nitrogens is 1. The maximum absolute atomic E-state index is 13.8. The molecule has 0 saturated carbocycles. The van der Waals surface area contributed by atoms with Crippen LogP contribution in [0.5, 0.6) is 0 Å². The standard InChI is InChI=1S/C16H18F2N2/c1-3-11-10-20-7-6-14(11)16(19-2)8-12-4-5-13(17)9-15(12)18/h4-7,9-10,16,19H,3,8H2,1-2H3. The summed E-state index contributed by atoms with van der Waals surface area (Å²) in [5.41, 5.74) is 2.74. The van der Waals surface area contributed by atoms with Crippen molar-refractivity contribution in [1.29, 1.82) is 0 Å². The van der Waals surface area contributed by atoms with E-state index in [0.29, 0.717) is 12.0 Å². The Morgan fingerprint density at radius 3 is 2.65 bits per heavy atom. The second kappa shape index (κ2) is 6.57. The molecule has 1 heterocycles. The molecule has 0 aliphatic carbocycles. The summed E-state index contributed by atoms with van der Waals surface area (Å²) in [5.74, 6) is -1.05. The van der Waals surface area contributed by atoms with Gasteiger partial charge < -0.3 is 5.32 Å². The molecule has 2 aromatic rings. The highest BCUT2D eigenvalue weighted by molar-refractivity contribution is 5.29. The molecule has 0 aliphatic heterocycles. The Balaban J connectivity index is 2.29. The molecular weight excluding hydrogens is 258 g/mol. The first kappa shape index (κ1) is 14.6. The smallest absolute Gasteiger partial charge is 0.129 e. The predicted octanol–water partition coefficient (Wildman–Crippen LogP) is 3.43. The van der Waals surface area contributed by atoms with Crippen LogP contribution >= 0.6 is 0 Å². The van der Waals surface area contributed by atoms with Gasteiger partial charge in [0.1, 0.15) is 11.6 Å². The SMILES string of the molecule is CCc1cnccc1C(Cc1ccc(F)cc1F)NC. The minimum atomic E-state index is -0.551. The second-order valence-electron chi connectivity index (χ2n) is 4.71. The highest BCUT2D eigenvalue weighted by Crippen LogP contribution is 2.23. The van der Waals surface area contributed by atoms with Crippen LogP contribution in [0.15, 0.2) is 36.7 Å². The van der Waals surface area contributed by atoms with Crippen molar-refractivity contribution in [3.05, 3.63) is 65.0 Å². The molecule has 4 heteroatoms.